The molecule has 38 heavy (non-hydrogen) atoms. The van der Waals surface area contributed by atoms with Gasteiger partial charge in [0.1, 0.15) is 18.3 Å². The summed E-state index contributed by atoms with van der Waals surface area (Å²) < 4.78 is 47.8. The summed E-state index contributed by atoms with van der Waals surface area (Å²) in [5, 5.41) is 0. The fourth-order valence-electron chi connectivity index (χ4n) is 3.80. The van der Waals surface area contributed by atoms with E-state index in [-0.39, 0.29) is 24.6 Å². The molecule has 0 aromatic carbocycles. The molecule has 1 aliphatic heterocycles. The Morgan fingerprint density at radius 3 is 1.45 bits per heavy atom. The molecule has 0 bridgehead atoms. The lowest BCUT2D eigenvalue weighted by molar-refractivity contribution is -0.186. The van der Waals surface area contributed by atoms with Crippen molar-refractivity contribution in [2.24, 2.45) is 0 Å². The molecule has 4 atom stereocenters. The van der Waals surface area contributed by atoms with Crippen LogP contribution in [-0.4, -0.2) is 97.3 Å². The highest BCUT2D eigenvalue weighted by Crippen LogP contribution is 2.14. The number of rotatable bonds is 28. The zero-order valence-electron chi connectivity index (χ0n) is 25.1. The number of hydrogen-bond acceptors (Lipinski definition) is 8. The van der Waals surface area contributed by atoms with Gasteiger partial charge in [0.05, 0.1) is 39.6 Å². The normalized spacial score (nSPS) is 18.5. The summed E-state index contributed by atoms with van der Waals surface area (Å²) in [5.74, 6) is 0. The van der Waals surface area contributed by atoms with Crippen molar-refractivity contribution in [1.29, 1.82) is 0 Å². The molecule has 1 fully saturated rings. The Morgan fingerprint density at radius 2 is 1.00 bits per heavy atom. The van der Waals surface area contributed by atoms with Crippen molar-refractivity contribution in [3.8, 4) is 0 Å². The van der Waals surface area contributed by atoms with Crippen LogP contribution in [0.15, 0.2) is 0 Å². The molecule has 0 N–H and O–H groups in total. The van der Waals surface area contributed by atoms with Gasteiger partial charge in [0.25, 0.3) is 0 Å². The lowest BCUT2D eigenvalue weighted by Crippen LogP contribution is -2.34. The zero-order valence-corrected chi connectivity index (χ0v) is 25.1. The number of unbranched alkanes of at least 4 members (excludes halogenated alkanes) is 4. The minimum Gasteiger partial charge on any atom is -0.379 e. The Balaban J connectivity index is 2.48. The monoisotopic (exact) mass is 548 g/mol. The summed E-state index contributed by atoms with van der Waals surface area (Å²) in [4.78, 5) is 0. The first-order chi connectivity index (χ1) is 18.7. The van der Waals surface area contributed by atoms with Crippen molar-refractivity contribution >= 4 is 0 Å². The van der Waals surface area contributed by atoms with Gasteiger partial charge in [0, 0.05) is 33.0 Å². The summed E-state index contributed by atoms with van der Waals surface area (Å²) in [7, 11) is 0. The minimum absolute atomic E-state index is 0.0638. The van der Waals surface area contributed by atoms with E-state index in [4.69, 9.17) is 37.9 Å². The summed E-state index contributed by atoms with van der Waals surface area (Å²) >= 11 is 0. The van der Waals surface area contributed by atoms with E-state index in [9.17, 15) is 0 Å². The van der Waals surface area contributed by atoms with Gasteiger partial charge in [-0.15, -0.1) is 0 Å². The fourth-order valence-corrected chi connectivity index (χ4v) is 3.80. The van der Waals surface area contributed by atoms with Crippen LogP contribution in [0.3, 0.4) is 0 Å². The van der Waals surface area contributed by atoms with E-state index in [1.807, 2.05) is 0 Å². The molecule has 0 spiro atoms. The van der Waals surface area contributed by atoms with Crippen molar-refractivity contribution in [1.82, 2.24) is 0 Å². The van der Waals surface area contributed by atoms with Gasteiger partial charge in [0.15, 0.2) is 6.29 Å². The molecular formula is C30H60O8. The van der Waals surface area contributed by atoms with E-state index in [1.54, 1.807) is 0 Å². The molecule has 0 radical (unpaired) electrons. The third-order valence-electron chi connectivity index (χ3n) is 6.32. The van der Waals surface area contributed by atoms with Crippen molar-refractivity contribution in [2.75, 3.05) is 72.7 Å². The zero-order chi connectivity index (χ0) is 27.5. The molecule has 0 aromatic rings. The van der Waals surface area contributed by atoms with Crippen molar-refractivity contribution < 1.29 is 37.9 Å². The topological polar surface area (TPSA) is 73.8 Å². The predicted molar refractivity (Wildman–Crippen MR) is 151 cm³/mol. The second kappa shape index (κ2) is 26.9. The molecule has 0 amide bonds. The highest BCUT2D eigenvalue weighted by Gasteiger charge is 2.19. The van der Waals surface area contributed by atoms with Crippen molar-refractivity contribution in [3.05, 3.63) is 0 Å². The van der Waals surface area contributed by atoms with E-state index in [0.29, 0.717) is 52.9 Å². The van der Waals surface area contributed by atoms with E-state index in [1.165, 1.54) is 0 Å². The molecule has 228 valence electrons. The standard InChI is InChI=1S/C30H60O8/c1-5-9-16-31-21-27(34-17-10-6-2)22-32-23-28(35-18-11-7-3)24-33-25-29(36-19-12-8-4)26-38-30-15-13-14-20-37-30/h27-30H,5-26H2,1-4H3. The van der Waals surface area contributed by atoms with Gasteiger partial charge in [-0.05, 0) is 44.9 Å². The molecule has 0 aliphatic carbocycles. The van der Waals surface area contributed by atoms with Crippen LogP contribution < -0.4 is 0 Å². The molecular weight excluding hydrogens is 488 g/mol. The predicted octanol–water partition coefficient (Wildman–Crippen LogP) is 5.94. The van der Waals surface area contributed by atoms with Crippen LogP contribution in [0.25, 0.3) is 0 Å². The molecule has 0 aromatic heterocycles. The van der Waals surface area contributed by atoms with Crippen LogP contribution >= 0.6 is 0 Å². The average Bonchev–Trinajstić information content (AvgIpc) is 2.94. The second-order valence-corrected chi connectivity index (χ2v) is 10.2. The molecule has 8 nitrogen and oxygen atoms in total. The van der Waals surface area contributed by atoms with Gasteiger partial charge < -0.3 is 37.9 Å². The van der Waals surface area contributed by atoms with E-state index < -0.39 is 0 Å². The number of ether oxygens (including phenoxy) is 8. The van der Waals surface area contributed by atoms with E-state index >= 15 is 0 Å². The van der Waals surface area contributed by atoms with Crippen LogP contribution in [-0.2, 0) is 37.9 Å². The summed E-state index contributed by atoms with van der Waals surface area (Å²) in [6, 6.07) is 0. The summed E-state index contributed by atoms with van der Waals surface area (Å²) in [6.07, 6.45) is 11.3. The van der Waals surface area contributed by atoms with Crippen LogP contribution in [0.1, 0.15) is 98.3 Å². The third kappa shape index (κ3) is 20.6. The maximum absolute atomic E-state index is 6.10. The van der Waals surface area contributed by atoms with Crippen LogP contribution in [0.2, 0.25) is 0 Å². The van der Waals surface area contributed by atoms with Crippen molar-refractivity contribution in [3.63, 3.8) is 0 Å². The van der Waals surface area contributed by atoms with Crippen LogP contribution in [0.5, 0.6) is 0 Å². The molecule has 1 saturated heterocycles. The SMILES string of the molecule is CCCCOCC(COCC(COCC(COC1CCCCO1)OCCCC)OCCCC)OCCCC. The van der Waals surface area contributed by atoms with E-state index in [2.05, 4.69) is 27.7 Å². The van der Waals surface area contributed by atoms with Crippen LogP contribution in [0.4, 0.5) is 0 Å². The van der Waals surface area contributed by atoms with Gasteiger partial charge >= 0.3 is 0 Å². The molecule has 1 heterocycles. The second-order valence-electron chi connectivity index (χ2n) is 10.2. The Bertz CT molecular complexity index is 475. The Hall–Kier alpha value is -0.320. The van der Waals surface area contributed by atoms with Gasteiger partial charge in [-0.1, -0.05) is 53.4 Å². The largest absolute Gasteiger partial charge is 0.379 e. The van der Waals surface area contributed by atoms with E-state index in [0.717, 1.165) is 90.4 Å². The van der Waals surface area contributed by atoms with Gasteiger partial charge in [-0.2, -0.15) is 0 Å². The van der Waals surface area contributed by atoms with Crippen LogP contribution in [0, 0.1) is 0 Å². The first-order valence-corrected chi connectivity index (χ1v) is 15.5. The van der Waals surface area contributed by atoms with Crippen molar-refractivity contribution in [2.45, 2.75) is 123 Å². The lowest BCUT2D eigenvalue weighted by Gasteiger charge is -2.26. The van der Waals surface area contributed by atoms with Gasteiger partial charge in [-0.3, -0.25) is 0 Å². The highest BCUT2D eigenvalue weighted by molar-refractivity contribution is 4.63. The molecule has 0 saturated carbocycles. The molecule has 1 aliphatic rings. The summed E-state index contributed by atoms with van der Waals surface area (Å²) in [6.45, 7) is 15.2. The number of hydrogen-bond donors (Lipinski definition) is 0. The lowest BCUT2D eigenvalue weighted by atomic mass is 10.2. The summed E-state index contributed by atoms with van der Waals surface area (Å²) in [5.41, 5.74) is 0. The molecule has 1 rings (SSSR count). The highest BCUT2D eigenvalue weighted by atomic mass is 16.7. The molecule has 4 unspecified atom stereocenters. The van der Waals surface area contributed by atoms with Gasteiger partial charge in [0.2, 0.25) is 0 Å². The molecule has 8 heteroatoms. The van der Waals surface area contributed by atoms with Gasteiger partial charge in [-0.25, -0.2) is 0 Å². The fraction of sp³-hybridized carbons (Fsp3) is 1.00. The quantitative estimate of drug-likeness (QED) is 0.111. The Labute approximate surface area is 233 Å². The first-order valence-electron chi connectivity index (χ1n) is 15.5. The minimum atomic E-state index is -0.141. The Morgan fingerprint density at radius 1 is 0.553 bits per heavy atom. The average molecular weight is 549 g/mol. The maximum atomic E-state index is 6.10. The smallest absolute Gasteiger partial charge is 0.157 e. The Kier molecular flexibility index (Phi) is 25.3. The third-order valence-corrected chi connectivity index (χ3v) is 6.32. The maximum Gasteiger partial charge on any atom is 0.157 e. The first kappa shape index (κ1) is 35.7.